The van der Waals surface area contributed by atoms with Gasteiger partial charge in [-0.2, -0.15) is 13.2 Å². The molecule has 0 bridgehead atoms. The minimum absolute atomic E-state index is 0.0623. The third-order valence-electron chi connectivity index (χ3n) is 4.85. The zero-order chi connectivity index (χ0) is 22.3. The van der Waals surface area contributed by atoms with E-state index in [1.165, 1.54) is 6.20 Å². The van der Waals surface area contributed by atoms with Gasteiger partial charge >= 0.3 is 6.18 Å². The summed E-state index contributed by atoms with van der Waals surface area (Å²) in [5.74, 6) is -0.452. The van der Waals surface area contributed by atoms with Crippen molar-refractivity contribution in [1.82, 2.24) is 15.0 Å². The molecule has 6 nitrogen and oxygen atoms in total. The van der Waals surface area contributed by atoms with E-state index in [9.17, 15) is 18.0 Å². The average Bonchev–Trinajstić information content (AvgIpc) is 2.61. The molecule has 1 aliphatic rings. The molecule has 9 heteroatoms. The Hall–Kier alpha value is -2.71. The highest BCUT2D eigenvalue weighted by molar-refractivity contribution is 5.92. The molecule has 0 saturated carbocycles. The second kappa shape index (κ2) is 7.85. The van der Waals surface area contributed by atoms with Crippen LogP contribution in [-0.2, 0) is 23.9 Å². The number of anilines is 2. The lowest BCUT2D eigenvalue weighted by Crippen LogP contribution is -2.33. The van der Waals surface area contributed by atoms with Gasteiger partial charge in [0, 0.05) is 37.7 Å². The number of aromatic nitrogens is 3. The smallest absolute Gasteiger partial charge is 0.352 e. The average molecular weight is 421 g/mol. The number of nitrogens with zero attached hydrogens (tertiary/aromatic N) is 4. The number of carbonyl (C=O) groups is 1. The van der Waals surface area contributed by atoms with Gasteiger partial charge in [-0.3, -0.25) is 4.79 Å². The van der Waals surface area contributed by atoms with Gasteiger partial charge in [0.1, 0.15) is 5.82 Å². The number of fused-ring (bicyclic) bond motifs is 1. The van der Waals surface area contributed by atoms with Crippen LogP contribution in [0.3, 0.4) is 0 Å². The first kappa shape index (κ1) is 22.0. The molecule has 0 atom stereocenters. The van der Waals surface area contributed by atoms with Crippen LogP contribution in [0.25, 0.3) is 0 Å². The van der Waals surface area contributed by atoms with Crippen molar-refractivity contribution in [3.63, 3.8) is 0 Å². The monoisotopic (exact) mass is 421 g/mol. The highest BCUT2D eigenvalue weighted by atomic mass is 19.4. The molecule has 1 N–H and O–H groups in total. The molecule has 30 heavy (non-hydrogen) atoms. The molecular formula is C21H26F3N5O. The molecule has 0 aromatic carbocycles. The first-order valence-electron chi connectivity index (χ1n) is 9.78. The van der Waals surface area contributed by atoms with Gasteiger partial charge in [0.05, 0.1) is 17.1 Å². The van der Waals surface area contributed by atoms with E-state index in [-0.39, 0.29) is 11.3 Å². The summed E-state index contributed by atoms with van der Waals surface area (Å²) in [7, 11) is 0. The fourth-order valence-electron chi connectivity index (χ4n) is 3.48. The topological polar surface area (TPSA) is 71.0 Å². The Morgan fingerprint density at radius 2 is 1.90 bits per heavy atom. The molecule has 0 aliphatic carbocycles. The van der Waals surface area contributed by atoms with E-state index in [1.807, 2.05) is 45.6 Å². The Labute approximate surface area is 173 Å². The Morgan fingerprint density at radius 1 is 1.20 bits per heavy atom. The number of carbonyl (C=O) groups excluding carboxylic acids is 1. The van der Waals surface area contributed by atoms with Crippen LogP contribution in [-0.4, -0.2) is 27.4 Å². The Kier molecular flexibility index (Phi) is 5.75. The van der Waals surface area contributed by atoms with Gasteiger partial charge in [0.25, 0.3) is 0 Å². The Morgan fingerprint density at radius 3 is 2.50 bits per heavy atom. The number of rotatable bonds is 3. The van der Waals surface area contributed by atoms with Crippen LogP contribution in [0.2, 0.25) is 0 Å². The molecule has 162 valence electrons. The number of amides is 1. The summed E-state index contributed by atoms with van der Waals surface area (Å²) in [5, 5.41) is 2.95. The van der Waals surface area contributed by atoms with Gasteiger partial charge in [-0.15, -0.1) is 0 Å². The third-order valence-corrected chi connectivity index (χ3v) is 4.85. The van der Waals surface area contributed by atoms with Crippen LogP contribution in [0.1, 0.15) is 55.5 Å². The molecule has 3 heterocycles. The van der Waals surface area contributed by atoms with Crippen LogP contribution >= 0.6 is 0 Å². The second-order valence-corrected chi connectivity index (χ2v) is 8.88. The third kappa shape index (κ3) is 5.06. The molecule has 1 amide bonds. The van der Waals surface area contributed by atoms with Crippen LogP contribution in [0.15, 0.2) is 12.3 Å². The van der Waals surface area contributed by atoms with Gasteiger partial charge < -0.3 is 10.2 Å². The maximum absolute atomic E-state index is 12.8. The predicted octanol–water partition coefficient (Wildman–Crippen LogP) is 4.44. The van der Waals surface area contributed by atoms with Gasteiger partial charge in [-0.1, -0.05) is 20.8 Å². The molecule has 0 saturated heterocycles. The summed E-state index contributed by atoms with van der Waals surface area (Å²) in [4.78, 5) is 26.1. The van der Waals surface area contributed by atoms with Crippen LogP contribution < -0.4 is 10.2 Å². The van der Waals surface area contributed by atoms with Crippen LogP contribution in [0.4, 0.5) is 24.7 Å². The second-order valence-electron chi connectivity index (χ2n) is 8.88. The standard InChI is InChI=1S/C21H26F3N5O/c1-12-8-16(26-13(2)18(12)28-17(30)9-20(3,4)5)29-7-6-15-14(11-29)10-25-19(27-15)21(22,23)24/h8,10H,6-7,9,11H2,1-5H3,(H,28,30). The summed E-state index contributed by atoms with van der Waals surface area (Å²) in [6, 6.07) is 1.88. The maximum atomic E-state index is 12.8. The fourth-order valence-corrected chi connectivity index (χ4v) is 3.48. The van der Waals surface area contributed by atoms with Crippen molar-refractivity contribution in [2.45, 2.75) is 60.2 Å². The summed E-state index contributed by atoms with van der Waals surface area (Å²) < 4.78 is 38.5. The summed E-state index contributed by atoms with van der Waals surface area (Å²) in [5.41, 5.74) is 3.25. The molecule has 2 aromatic heterocycles. The lowest BCUT2D eigenvalue weighted by atomic mass is 9.92. The van der Waals surface area contributed by atoms with E-state index in [0.717, 1.165) is 5.56 Å². The van der Waals surface area contributed by atoms with E-state index in [0.29, 0.717) is 54.4 Å². The zero-order valence-electron chi connectivity index (χ0n) is 17.8. The van der Waals surface area contributed by atoms with Crippen molar-refractivity contribution < 1.29 is 18.0 Å². The lowest BCUT2D eigenvalue weighted by Gasteiger charge is -2.30. The van der Waals surface area contributed by atoms with Crippen molar-refractivity contribution in [3.05, 3.63) is 40.6 Å². The minimum Gasteiger partial charge on any atom is -0.352 e. The number of halogens is 3. The van der Waals surface area contributed by atoms with E-state index < -0.39 is 12.0 Å². The highest BCUT2D eigenvalue weighted by Gasteiger charge is 2.35. The number of aryl methyl sites for hydroxylation is 2. The molecule has 0 spiro atoms. The zero-order valence-corrected chi connectivity index (χ0v) is 17.8. The van der Waals surface area contributed by atoms with Crippen molar-refractivity contribution >= 4 is 17.4 Å². The first-order valence-corrected chi connectivity index (χ1v) is 9.78. The summed E-state index contributed by atoms with van der Waals surface area (Å²) in [6.45, 7) is 10.6. The van der Waals surface area contributed by atoms with Gasteiger partial charge in [-0.05, 0) is 30.9 Å². The van der Waals surface area contributed by atoms with Crippen molar-refractivity contribution in [2.24, 2.45) is 5.41 Å². The van der Waals surface area contributed by atoms with Crippen LogP contribution in [0.5, 0.6) is 0 Å². The summed E-state index contributed by atoms with van der Waals surface area (Å²) >= 11 is 0. The SMILES string of the molecule is Cc1cc(N2CCc3nc(C(F)(F)F)ncc3C2)nc(C)c1NC(=O)CC(C)(C)C. The van der Waals surface area contributed by atoms with Crippen molar-refractivity contribution in [1.29, 1.82) is 0 Å². The Balaban J connectivity index is 1.79. The van der Waals surface area contributed by atoms with Crippen molar-refractivity contribution in [2.75, 3.05) is 16.8 Å². The molecule has 1 aliphatic heterocycles. The molecular weight excluding hydrogens is 395 g/mol. The van der Waals surface area contributed by atoms with Gasteiger partial charge in [0.15, 0.2) is 0 Å². The molecule has 0 radical (unpaired) electrons. The lowest BCUT2D eigenvalue weighted by molar-refractivity contribution is -0.145. The fraction of sp³-hybridized carbons (Fsp3) is 0.524. The van der Waals surface area contributed by atoms with Gasteiger partial charge in [-0.25, -0.2) is 15.0 Å². The Bertz CT molecular complexity index is 943. The largest absolute Gasteiger partial charge is 0.451 e. The number of pyridine rings is 1. The quantitative estimate of drug-likeness (QED) is 0.793. The van der Waals surface area contributed by atoms with Crippen LogP contribution in [0, 0.1) is 19.3 Å². The maximum Gasteiger partial charge on any atom is 0.451 e. The summed E-state index contributed by atoms with van der Waals surface area (Å²) in [6.07, 6.45) is -2.52. The highest BCUT2D eigenvalue weighted by Crippen LogP contribution is 2.30. The number of alkyl halides is 3. The molecule has 2 aromatic rings. The van der Waals surface area contributed by atoms with E-state index in [4.69, 9.17) is 0 Å². The molecule has 0 fully saturated rings. The minimum atomic E-state index is -4.55. The normalized spacial score (nSPS) is 14.5. The predicted molar refractivity (Wildman–Crippen MR) is 108 cm³/mol. The molecule has 3 rings (SSSR count). The number of nitrogens with one attached hydrogen (secondary N) is 1. The first-order chi connectivity index (χ1) is 13.8. The van der Waals surface area contributed by atoms with E-state index in [2.05, 4.69) is 20.3 Å². The van der Waals surface area contributed by atoms with E-state index in [1.54, 1.807) is 0 Å². The number of hydrogen-bond donors (Lipinski definition) is 1. The number of hydrogen-bond acceptors (Lipinski definition) is 5. The van der Waals surface area contributed by atoms with Gasteiger partial charge in [0.2, 0.25) is 11.7 Å². The van der Waals surface area contributed by atoms with Crippen molar-refractivity contribution in [3.8, 4) is 0 Å². The van der Waals surface area contributed by atoms with E-state index >= 15 is 0 Å². The molecule has 0 unspecified atom stereocenters.